The zero-order valence-corrected chi connectivity index (χ0v) is 14.0. The lowest BCUT2D eigenvalue weighted by Gasteiger charge is -2.08. The maximum Gasteiger partial charge on any atom is 0.286 e. The molecule has 22 heavy (non-hydrogen) atoms. The van der Waals surface area contributed by atoms with Crippen molar-refractivity contribution in [2.24, 2.45) is 7.05 Å². The van der Waals surface area contributed by atoms with Gasteiger partial charge in [0.1, 0.15) is 5.69 Å². The Morgan fingerprint density at radius 2 is 2.05 bits per heavy atom. The summed E-state index contributed by atoms with van der Waals surface area (Å²) in [5.41, 5.74) is 4.91. The molecular formula is C13H13BrN4O3S. The minimum absolute atomic E-state index is 0.228. The molecule has 0 fully saturated rings. The molecule has 2 heterocycles. The highest BCUT2D eigenvalue weighted by atomic mass is 79.9. The molecule has 0 aromatic carbocycles. The summed E-state index contributed by atoms with van der Waals surface area (Å²) in [7, 11) is 1.71. The average Bonchev–Trinajstić information content (AvgIpc) is 3.11. The van der Waals surface area contributed by atoms with Crippen LogP contribution in [-0.2, 0) is 11.8 Å². The molecule has 0 aliphatic carbocycles. The number of nitrogens with zero attached hydrogens (tertiary/aromatic N) is 1. The normalized spacial score (nSPS) is 10.1. The van der Waals surface area contributed by atoms with Gasteiger partial charge in [0.15, 0.2) is 0 Å². The Kier molecular flexibility index (Phi) is 5.34. The van der Waals surface area contributed by atoms with Gasteiger partial charge in [-0.25, -0.2) is 0 Å². The van der Waals surface area contributed by atoms with Crippen molar-refractivity contribution in [3.05, 3.63) is 44.8 Å². The predicted octanol–water partition coefficient (Wildman–Crippen LogP) is 1.04. The number of carbonyl (C=O) groups excluding carboxylic acids is 3. The predicted molar refractivity (Wildman–Crippen MR) is 85.4 cm³/mol. The molecule has 2 aromatic heterocycles. The monoisotopic (exact) mass is 384 g/mol. The van der Waals surface area contributed by atoms with E-state index in [0.29, 0.717) is 10.6 Å². The average molecular weight is 385 g/mol. The van der Waals surface area contributed by atoms with Crippen molar-refractivity contribution in [2.75, 3.05) is 6.54 Å². The number of carbonyl (C=O) groups is 3. The summed E-state index contributed by atoms with van der Waals surface area (Å²) >= 11 is 4.54. The van der Waals surface area contributed by atoms with Crippen LogP contribution in [0.1, 0.15) is 20.2 Å². The zero-order valence-electron chi connectivity index (χ0n) is 11.6. The van der Waals surface area contributed by atoms with E-state index in [1.807, 2.05) is 0 Å². The van der Waals surface area contributed by atoms with Gasteiger partial charge in [0, 0.05) is 17.7 Å². The van der Waals surface area contributed by atoms with Crippen molar-refractivity contribution >= 4 is 45.0 Å². The SMILES string of the molecule is Cn1cc(Br)cc1C(=O)NNC(=O)CNC(=O)c1cccs1. The third-order valence-electron chi connectivity index (χ3n) is 2.67. The van der Waals surface area contributed by atoms with Crippen LogP contribution in [0, 0.1) is 0 Å². The third-order valence-corrected chi connectivity index (χ3v) is 3.98. The number of hydrazine groups is 1. The summed E-state index contributed by atoms with van der Waals surface area (Å²) in [6.45, 7) is -0.228. The first-order chi connectivity index (χ1) is 10.5. The van der Waals surface area contributed by atoms with Gasteiger partial charge in [0.2, 0.25) is 0 Å². The van der Waals surface area contributed by atoms with Crippen LogP contribution in [0.15, 0.2) is 34.2 Å². The van der Waals surface area contributed by atoms with Gasteiger partial charge in [0.05, 0.1) is 11.4 Å². The van der Waals surface area contributed by atoms with E-state index in [1.165, 1.54) is 11.3 Å². The maximum atomic E-state index is 11.9. The molecule has 0 saturated carbocycles. The van der Waals surface area contributed by atoms with E-state index in [0.717, 1.165) is 4.47 Å². The Morgan fingerprint density at radius 1 is 1.27 bits per heavy atom. The lowest BCUT2D eigenvalue weighted by atomic mass is 10.4. The summed E-state index contributed by atoms with van der Waals surface area (Å²) in [4.78, 5) is 35.6. The lowest BCUT2D eigenvalue weighted by molar-refractivity contribution is -0.120. The van der Waals surface area contributed by atoms with E-state index in [2.05, 4.69) is 32.1 Å². The Labute approximate surface area is 138 Å². The first kappa shape index (κ1) is 16.2. The Balaban J connectivity index is 1.77. The third kappa shape index (κ3) is 4.18. The van der Waals surface area contributed by atoms with Crippen LogP contribution in [0.5, 0.6) is 0 Å². The van der Waals surface area contributed by atoms with E-state index in [1.54, 1.807) is 41.4 Å². The van der Waals surface area contributed by atoms with Crippen molar-refractivity contribution in [1.29, 1.82) is 0 Å². The second-order valence-corrected chi connectivity index (χ2v) is 6.18. The standard InChI is InChI=1S/C13H13BrN4O3S/c1-18-7-8(14)5-9(18)12(20)17-16-11(19)6-15-13(21)10-3-2-4-22-10/h2-5,7H,6H2,1H3,(H,15,21)(H,16,19)(H,17,20). The summed E-state index contributed by atoms with van der Waals surface area (Å²) in [6.07, 6.45) is 1.72. The fourth-order valence-electron chi connectivity index (χ4n) is 1.64. The second-order valence-electron chi connectivity index (χ2n) is 4.32. The number of hydrogen-bond donors (Lipinski definition) is 3. The molecule has 7 nitrogen and oxygen atoms in total. The van der Waals surface area contributed by atoms with Crippen LogP contribution in [-0.4, -0.2) is 28.8 Å². The van der Waals surface area contributed by atoms with E-state index < -0.39 is 11.8 Å². The lowest BCUT2D eigenvalue weighted by Crippen LogP contribution is -2.46. The molecule has 0 atom stereocenters. The number of aromatic nitrogens is 1. The molecule has 3 N–H and O–H groups in total. The number of amides is 3. The Bertz CT molecular complexity index is 696. The largest absolute Gasteiger partial charge is 0.345 e. The molecule has 0 saturated heterocycles. The second kappa shape index (κ2) is 7.23. The molecule has 0 unspecified atom stereocenters. The van der Waals surface area contributed by atoms with Gasteiger partial charge in [-0.1, -0.05) is 6.07 Å². The molecule has 2 rings (SSSR count). The highest BCUT2D eigenvalue weighted by molar-refractivity contribution is 9.10. The number of aryl methyl sites for hydroxylation is 1. The number of nitrogens with one attached hydrogen (secondary N) is 3. The topological polar surface area (TPSA) is 92.2 Å². The number of thiophene rings is 1. The summed E-state index contributed by atoms with van der Waals surface area (Å²) in [5, 5.41) is 4.23. The minimum Gasteiger partial charge on any atom is -0.345 e. The van der Waals surface area contributed by atoms with Crippen molar-refractivity contribution in [2.45, 2.75) is 0 Å². The number of halogens is 1. The molecule has 116 valence electrons. The highest BCUT2D eigenvalue weighted by Gasteiger charge is 2.13. The number of hydrogen-bond acceptors (Lipinski definition) is 4. The first-order valence-electron chi connectivity index (χ1n) is 6.20. The van der Waals surface area contributed by atoms with Crippen LogP contribution >= 0.6 is 27.3 Å². The summed E-state index contributed by atoms with van der Waals surface area (Å²) in [5.74, 6) is -1.31. The van der Waals surface area contributed by atoms with Gasteiger partial charge in [-0.05, 0) is 33.4 Å². The molecule has 0 aliphatic rings. The van der Waals surface area contributed by atoms with Crippen LogP contribution < -0.4 is 16.2 Å². The smallest absolute Gasteiger partial charge is 0.286 e. The van der Waals surface area contributed by atoms with Crippen LogP contribution in [0.3, 0.4) is 0 Å². The molecular weight excluding hydrogens is 372 g/mol. The van der Waals surface area contributed by atoms with Crippen LogP contribution in [0.2, 0.25) is 0 Å². The van der Waals surface area contributed by atoms with E-state index in [4.69, 9.17) is 0 Å². The van der Waals surface area contributed by atoms with Gasteiger partial charge in [0.25, 0.3) is 17.7 Å². The maximum absolute atomic E-state index is 11.9. The Hall–Kier alpha value is -2.13. The van der Waals surface area contributed by atoms with E-state index >= 15 is 0 Å². The van der Waals surface area contributed by atoms with Crippen molar-refractivity contribution in [3.8, 4) is 0 Å². The quantitative estimate of drug-likeness (QED) is 0.687. The molecule has 3 amide bonds. The van der Waals surface area contributed by atoms with E-state index in [9.17, 15) is 14.4 Å². The van der Waals surface area contributed by atoms with Gasteiger partial charge in [-0.3, -0.25) is 25.2 Å². The molecule has 0 aliphatic heterocycles. The van der Waals surface area contributed by atoms with Gasteiger partial charge < -0.3 is 9.88 Å². The minimum atomic E-state index is -0.522. The number of rotatable bonds is 4. The Morgan fingerprint density at radius 3 is 2.64 bits per heavy atom. The molecule has 0 spiro atoms. The van der Waals surface area contributed by atoms with Gasteiger partial charge in [-0.2, -0.15) is 0 Å². The molecule has 2 aromatic rings. The fraction of sp³-hybridized carbons (Fsp3) is 0.154. The summed E-state index contributed by atoms with van der Waals surface area (Å²) in [6, 6.07) is 5.03. The van der Waals surface area contributed by atoms with Crippen LogP contribution in [0.4, 0.5) is 0 Å². The van der Waals surface area contributed by atoms with Crippen molar-refractivity contribution in [1.82, 2.24) is 20.7 Å². The van der Waals surface area contributed by atoms with Crippen molar-refractivity contribution in [3.63, 3.8) is 0 Å². The fourth-order valence-corrected chi connectivity index (χ4v) is 2.80. The molecule has 9 heteroatoms. The van der Waals surface area contributed by atoms with Gasteiger partial charge >= 0.3 is 0 Å². The molecule has 0 radical (unpaired) electrons. The van der Waals surface area contributed by atoms with Crippen molar-refractivity contribution < 1.29 is 14.4 Å². The van der Waals surface area contributed by atoms with Gasteiger partial charge in [-0.15, -0.1) is 11.3 Å². The van der Waals surface area contributed by atoms with E-state index in [-0.39, 0.29) is 12.5 Å². The zero-order chi connectivity index (χ0) is 16.1. The highest BCUT2D eigenvalue weighted by Crippen LogP contribution is 2.13. The molecule has 0 bridgehead atoms. The summed E-state index contributed by atoms with van der Waals surface area (Å²) < 4.78 is 2.37. The first-order valence-corrected chi connectivity index (χ1v) is 7.87. The van der Waals surface area contributed by atoms with Crippen LogP contribution in [0.25, 0.3) is 0 Å².